The van der Waals surface area contributed by atoms with Crippen molar-refractivity contribution < 1.29 is 33.9 Å². The Hall–Kier alpha value is -3.22. The van der Waals surface area contributed by atoms with Gasteiger partial charge in [0.25, 0.3) is 0 Å². The minimum Gasteiger partial charge on any atom is -0.480 e. The maximum atomic E-state index is 12.3. The molecular formula is C15H26N6O7. The predicted molar refractivity (Wildman–Crippen MR) is 95.0 cm³/mol. The summed E-state index contributed by atoms with van der Waals surface area (Å²) in [5, 5.41) is 15.8. The number of nitrogens with two attached hydrogens (primary N) is 3. The number of carbonyl (C=O) groups is 6. The van der Waals surface area contributed by atoms with Crippen LogP contribution in [-0.4, -0.2) is 65.3 Å². The average molecular weight is 402 g/mol. The zero-order chi connectivity index (χ0) is 21.9. The lowest BCUT2D eigenvalue weighted by atomic mass is 10.1. The van der Waals surface area contributed by atoms with Crippen molar-refractivity contribution in [3.63, 3.8) is 0 Å². The van der Waals surface area contributed by atoms with Crippen molar-refractivity contribution in [2.45, 2.75) is 50.7 Å². The van der Waals surface area contributed by atoms with Crippen LogP contribution < -0.4 is 33.2 Å². The van der Waals surface area contributed by atoms with Crippen LogP contribution in [0.25, 0.3) is 0 Å². The Morgan fingerprint density at radius 3 is 1.79 bits per heavy atom. The molecule has 0 aliphatic heterocycles. The van der Waals surface area contributed by atoms with Crippen LogP contribution in [0.2, 0.25) is 0 Å². The fourth-order valence-electron chi connectivity index (χ4n) is 1.95. The Morgan fingerprint density at radius 1 is 0.857 bits per heavy atom. The molecule has 0 saturated heterocycles. The molecule has 0 spiro atoms. The van der Waals surface area contributed by atoms with Gasteiger partial charge in [-0.2, -0.15) is 0 Å². The molecule has 10 N–H and O–H groups in total. The second-order valence-electron chi connectivity index (χ2n) is 6.04. The molecule has 3 atom stereocenters. The molecule has 0 aromatic rings. The summed E-state index contributed by atoms with van der Waals surface area (Å²) >= 11 is 0. The van der Waals surface area contributed by atoms with Gasteiger partial charge in [0.2, 0.25) is 29.5 Å². The molecule has 0 bridgehead atoms. The van der Waals surface area contributed by atoms with Crippen LogP contribution >= 0.6 is 0 Å². The number of carbonyl (C=O) groups excluding carboxylic acids is 5. The average Bonchev–Trinajstić information content (AvgIpc) is 2.58. The molecule has 28 heavy (non-hydrogen) atoms. The third kappa shape index (κ3) is 10.7. The van der Waals surface area contributed by atoms with Crippen LogP contribution in [-0.2, 0) is 28.8 Å². The first-order chi connectivity index (χ1) is 12.9. The molecule has 0 aromatic heterocycles. The van der Waals surface area contributed by atoms with Crippen molar-refractivity contribution in [2.24, 2.45) is 17.2 Å². The quantitative estimate of drug-likeness (QED) is 0.160. The third-order valence-electron chi connectivity index (χ3n) is 3.46. The molecule has 0 saturated carbocycles. The number of hydrogen-bond donors (Lipinski definition) is 7. The van der Waals surface area contributed by atoms with E-state index in [1.54, 1.807) is 0 Å². The van der Waals surface area contributed by atoms with E-state index in [-0.39, 0.29) is 25.7 Å². The van der Waals surface area contributed by atoms with Crippen molar-refractivity contribution >= 4 is 35.5 Å². The minimum absolute atomic E-state index is 0.198. The molecule has 13 nitrogen and oxygen atoms in total. The van der Waals surface area contributed by atoms with Gasteiger partial charge in [-0.25, -0.2) is 4.79 Å². The van der Waals surface area contributed by atoms with E-state index in [9.17, 15) is 28.8 Å². The van der Waals surface area contributed by atoms with E-state index in [0.29, 0.717) is 0 Å². The van der Waals surface area contributed by atoms with Crippen molar-refractivity contribution in [1.29, 1.82) is 0 Å². The van der Waals surface area contributed by atoms with Gasteiger partial charge in [-0.15, -0.1) is 0 Å². The predicted octanol–water partition coefficient (Wildman–Crippen LogP) is -3.96. The molecule has 0 aliphatic carbocycles. The van der Waals surface area contributed by atoms with E-state index >= 15 is 0 Å². The van der Waals surface area contributed by atoms with E-state index in [1.165, 1.54) is 6.92 Å². The topological polar surface area (TPSA) is 237 Å². The van der Waals surface area contributed by atoms with Gasteiger partial charge >= 0.3 is 5.97 Å². The van der Waals surface area contributed by atoms with Crippen molar-refractivity contribution in [3.05, 3.63) is 0 Å². The van der Waals surface area contributed by atoms with E-state index in [0.717, 1.165) is 0 Å². The second-order valence-corrected chi connectivity index (χ2v) is 6.04. The highest BCUT2D eigenvalue weighted by Gasteiger charge is 2.27. The maximum Gasteiger partial charge on any atom is 0.326 e. The van der Waals surface area contributed by atoms with E-state index in [2.05, 4.69) is 16.0 Å². The molecule has 13 heteroatoms. The summed E-state index contributed by atoms with van der Waals surface area (Å²) < 4.78 is 0. The Labute approximate surface area is 160 Å². The largest absolute Gasteiger partial charge is 0.480 e. The van der Waals surface area contributed by atoms with Crippen LogP contribution in [0.5, 0.6) is 0 Å². The van der Waals surface area contributed by atoms with Gasteiger partial charge < -0.3 is 38.3 Å². The Bertz CT molecular complexity index is 622. The lowest BCUT2D eigenvalue weighted by Crippen LogP contribution is -2.53. The summed E-state index contributed by atoms with van der Waals surface area (Å²) in [4.78, 5) is 68.6. The summed E-state index contributed by atoms with van der Waals surface area (Å²) in [5.41, 5.74) is 15.3. The van der Waals surface area contributed by atoms with Crippen LogP contribution in [0.4, 0.5) is 0 Å². The number of carboxylic acid groups (broad SMARTS) is 1. The summed E-state index contributed by atoms with van der Waals surface area (Å²) in [6.45, 7) is 0.930. The van der Waals surface area contributed by atoms with Crippen molar-refractivity contribution in [1.82, 2.24) is 16.0 Å². The van der Waals surface area contributed by atoms with Gasteiger partial charge in [0.05, 0.1) is 12.6 Å². The molecule has 0 radical (unpaired) electrons. The molecule has 158 valence electrons. The molecule has 0 rings (SSSR count). The number of rotatable bonds is 13. The van der Waals surface area contributed by atoms with Gasteiger partial charge in [-0.3, -0.25) is 24.0 Å². The summed E-state index contributed by atoms with van der Waals surface area (Å²) in [7, 11) is 0. The first-order valence-corrected chi connectivity index (χ1v) is 8.36. The molecule has 0 aliphatic rings. The van der Waals surface area contributed by atoms with E-state index in [1.807, 2.05) is 0 Å². The van der Waals surface area contributed by atoms with Gasteiger partial charge in [-0.05, 0) is 19.8 Å². The minimum atomic E-state index is -1.43. The lowest BCUT2D eigenvalue weighted by Gasteiger charge is -2.21. The highest BCUT2D eigenvalue weighted by atomic mass is 16.4. The summed E-state index contributed by atoms with van der Waals surface area (Å²) in [5.74, 6) is -5.14. The van der Waals surface area contributed by atoms with Crippen LogP contribution in [0.1, 0.15) is 32.6 Å². The summed E-state index contributed by atoms with van der Waals surface area (Å²) in [6, 6.07) is -3.56. The lowest BCUT2D eigenvalue weighted by molar-refractivity contribution is -0.142. The molecule has 5 amide bonds. The monoisotopic (exact) mass is 402 g/mol. The number of carboxylic acids is 1. The SMILES string of the molecule is CC(N)C(=O)NCC(=O)NC(CCC(N)=O)C(=O)NC(CCC(N)=O)C(=O)O. The molecule has 0 heterocycles. The van der Waals surface area contributed by atoms with Gasteiger partial charge in [0, 0.05) is 12.8 Å². The Morgan fingerprint density at radius 2 is 1.36 bits per heavy atom. The van der Waals surface area contributed by atoms with Gasteiger partial charge in [0.1, 0.15) is 12.1 Å². The van der Waals surface area contributed by atoms with Gasteiger partial charge in [-0.1, -0.05) is 0 Å². The Kier molecular flexibility index (Phi) is 10.8. The standard InChI is InChI=1S/C15H26N6O7/c1-7(16)13(25)19-6-12(24)20-8(2-4-10(17)22)14(26)21-9(15(27)28)3-5-11(18)23/h7-9H,2-6,16H2,1H3,(H2,17,22)(H2,18,23)(H,19,25)(H,20,24)(H,21,26)(H,27,28). The number of aliphatic carboxylic acids is 1. The smallest absolute Gasteiger partial charge is 0.326 e. The zero-order valence-corrected chi connectivity index (χ0v) is 15.4. The number of nitrogens with one attached hydrogen (secondary N) is 3. The normalized spacial score (nSPS) is 13.5. The highest BCUT2D eigenvalue weighted by Crippen LogP contribution is 2.02. The van der Waals surface area contributed by atoms with E-state index < -0.39 is 60.2 Å². The zero-order valence-electron chi connectivity index (χ0n) is 15.4. The number of primary amides is 2. The van der Waals surface area contributed by atoms with Crippen LogP contribution in [0, 0.1) is 0 Å². The van der Waals surface area contributed by atoms with Gasteiger partial charge in [0.15, 0.2) is 0 Å². The Balaban J connectivity index is 4.99. The molecule has 0 aromatic carbocycles. The van der Waals surface area contributed by atoms with Crippen molar-refractivity contribution in [2.75, 3.05) is 6.54 Å². The maximum absolute atomic E-state index is 12.3. The number of amides is 5. The fourth-order valence-corrected chi connectivity index (χ4v) is 1.95. The molecule has 3 unspecified atom stereocenters. The highest BCUT2D eigenvalue weighted by molar-refractivity contribution is 5.92. The van der Waals surface area contributed by atoms with Crippen molar-refractivity contribution in [3.8, 4) is 0 Å². The van der Waals surface area contributed by atoms with Crippen LogP contribution in [0.15, 0.2) is 0 Å². The summed E-state index contributed by atoms with van der Waals surface area (Å²) in [6.07, 6.45) is -0.990. The third-order valence-corrected chi connectivity index (χ3v) is 3.46. The first kappa shape index (κ1) is 24.8. The first-order valence-electron chi connectivity index (χ1n) is 8.36. The number of hydrogen-bond acceptors (Lipinski definition) is 7. The van der Waals surface area contributed by atoms with E-state index in [4.69, 9.17) is 22.3 Å². The second kappa shape index (κ2) is 12.2. The molecular weight excluding hydrogens is 376 g/mol. The fraction of sp³-hybridized carbons (Fsp3) is 0.600. The van der Waals surface area contributed by atoms with Crippen LogP contribution in [0.3, 0.4) is 0 Å². The molecule has 0 fully saturated rings.